The Kier molecular flexibility index (Phi) is 4.86. The van der Waals surface area contributed by atoms with Crippen LogP contribution in [0.25, 0.3) is 0 Å². The Labute approximate surface area is 120 Å². The Morgan fingerprint density at radius 3 is 2.78 bits per heavy atom. The maximum atomic E-state index is 6.11. The lowest BCUT2D eigenvalue weighted by molar-refractivity contribution is 0.700. The molecule has 0 radical (unpaired) electrons. The van der Waals surface area contributed by atoms with Gasteiger partial charge in [-0.05, 0) is 31.0 Å². The number of hydrogen-bond donors (Lipinski definition) is 3. The van der Waals surface area contributed by atoms with Crippen LogP contribution in [0.3, 0.4) is 0 Å². The van der Waals surface area contributed by atoms with Crippen molar-refractivity contribution in [2.45, 2.75) is 31.7 Å². The lowest BCUT2D eigenvalue weighted by atomic mass is 10.3. The minimum Gasteiger partial charge on any atom is -0.324 e. The second-order valence-corrected chi connectivity index (χ2v) is 5.63. The van der Waals surface area contributed by atoms with Crippen LogP contribution in [0.1, 0.15) is 25.7 Å². The van der Waals surface area contributed by atoms with E-state index in [0.29, 0.717) is 17.0 Å². The van der Waals surface area contributed by atoms with Gasteiger partial charge in [0.1, 0.15) is 0 Å². The average Bonchev–Trinajstić information content (AvgIpc) is 2.85. The molecule has 1 aliphatic carbocycles. The van der Waals surface area contributed by atoms with E-state index in [1.807, 2.05) is 18.2 Å². The Morgan fingerprint density at radius 1 is 1.39 bits per heavy atom. The fourth-order valence-electron chi connectivity index (χ4n) is 2.04. The second-order valence-electron chi connectivity index (χ2n) is 4.31. The normalized spacial score (nSPS) is 16.9. The summed E-state index contributed by atoms with van der Waals surface area (Å²) in [4.78, 5) is 4.56. The molecule has 0 saturated heterocycles. The maximum Gasteiger partial charge on any atom is 0.210 e. The van der Waals surface area contributed by atoms with Crippen molar-refractivity contribution in [3.8, 4) is 0 Å². The molecule has 4 N–H and O–H groups in total. The standard InChI is InChI=1S/C12H16BrClN4/c13-8-5-6-10(14)11(7-8)17-12(18-15)16-9-3-1-2-4-9/h5-7,9H,1-4,15H2,(H2,16,17,18). The molecule has 6 heteroatoms. The molecular weight excluding hydrogens is 316 g/mol. The number of benzene rings is 1. The molecule has 18 heavy (non-hydrogen) atoms. The van der Waals surface area contributed by atoms with Gasteiger partial charge in [-0.25, -0.2) is 10.8 Å². The molecular formula is C12H16BrClN4. The number of anilines is 1. The van der Waals surface area contributed by atoms with Gasteiger partial charge in [0.2, 0.25) is 5.96 Å². The van der Waals surface area contributed by atoms with E-state index in [1.165, 1.54) is 12.8 Å². The summed E-state index contributed by atoms with van der Waals surface area (Å²) in [5.74, 6) is 6.05. The van der Waals surface area contributed by atoms with Crippen molar-refractivity contribution in [2.24, 2.45) is 10.8 Å². The first kappa shape index (κ1) is 13.6. The first-order valence-electron chi connectivity index (χ1n) is 5.95. The van der Waals surface area contributed by atoms with E-state index in [2.05, 4.69) is 31.7 Å². The number of hydrogen-bond acceptors (Lipinski definition) is 2. The SMILES string of the molecule is NNC(=NC1CCCC1)Nc1cc(Br)ccc1Cl. The van der Waals surface area contributed by atoms with Crippen molar-refractivity contribution >= 4 is 39.2 Å². The van der Waals surface area contributed by atoms with E-state index in [0.717, 1.165) is 23.0 Å². The third-order valence-corrected chi connectivity index (χ3v) is 3.78. The van der Waals surface area contributed by atoms with Gasteiger partial charge in [-0.15, -0.1) is 0 Å². The van der Waals surface area contributed by atoms with Crippen LogP contribution in [0.5, 0.6) is 0 Å². The number of aliphatic imine (C=N–C) groups is 1. The quantitative estimate of drug-likeness (QED) is 0.337. The highest BCUT2D eigenvalue weighted by Crippen LogP contribution is 2.26. The van der Waals surface area contributed by atoms with Crippen LogP contribution < -0.4 is 16.6 Å². The molecule has 98 valence electrons. The molecule has 1 aliphatic rings. The minimum absolute atomic E-state index is 0.356. The van der Waals surface area contributed by atoms with Crippen LogP contribution in [-0.4, -0.2) is 12.0 Å². The molecule has 0 aliphatic heterocycles. The number of hydrazine groups is 1. The minimum atomic E-state index is 0.356. The predicted octanol–water partition coefficient (Wildman–Crippen LogP) is 3.28. The Morgan fingerprint density at radius 2 is 2.11 bits per heavy atom. The molecule has 0 unspecified atom stereocenters. The van der Waals surface area contributed by atoms with Crippen molar-refractivity contribution in [1.29, 1.82) is 0 Å². The van der Waals surface area contributed by atoms with Gasteiger partial charge in [0.25, 0.3) is 0 Å². The number of guanidine groups is 1. The van der Waals surface area contributed by atoms with Crippen LogP contribution in [0.4, 0.5) is 5.69 Å². The number of rotatable bonds is 2. The summed E-state index contributed by atoms with van der Waals surface area (Å²) in [6.45, 7) is 0. The van der Waals surface area contributed by atoms with Gasteiger partial charge < -0.3 is 5.32 Å². The topological polar surface area (TPSA) is 62.4 Å². The summed E-state index contributed by atoms with van der Waals surface area (Å²) in [5.41, 5.74) is 3.37. The summed E-state index contributed by atoms with van der Waals surface area (Å²) < 4.78 is 0.951. The smallest absolute Gasteiger partial charge is 0.210 e. The van der Waals surface area contributed by atoms with E-state index in [1.54, 1.807) is 0 Å². The van der Waals surface area contributed by atoms with Crippen molar-refractivity contribution in [1.82, 2.24) is 5.43 Å². The Bertz CT molecular complexity index is 444. The van der Waals surface area contributed by atoms with Crippen molar-refractivity contribution < 1.29 is 0 Å². The van der Waals surface area contributed by atoms with Crippen molar-refractivity contribution in [3.05, 3.63) is 27.7 Å². The monoisotopic (exact) mass is 330 g/mol. The Hall–Kier alpha value is -0.780. The summed E-state index contributed by atoms with van der Waals surface area (Å²) in [5, 5.41) is 3.75. The highest BCUT2D eigenvalue weighted by Gasteiger charge is 2.15. The van der Waals surface area contributed by atoms with Gasteiger partial charge in [0.15, 0.2) is 0 Å². The van der Waals surface area contributed by atoms with Crippen molar-refractivity contribution in [3.63, 3.8) is 0 Å². The number of nitrogens with two attached hydrogens (primary N) is 1. The van der Waals surface area contributed by atoms with Crippen LogP contribution in [0.2, 0.25) is 5.02 Å². The number of halogens is 2. The lowest BCUT2D eigenvalue weighted by Gasteiger charge is -2.13. The van der Waals surface area contributed by atoms with Crippen molar-refractivity contribution in [2.75, 3.05) is 5.32 Å². The fourth-order valence-corrected chi connectivity index (χ4v) is 2.57. The zero-order valence-corrected chi connectivity index (χ0v) is 12.3. The molecule has 4 nitrogen and oxygen atoms in total. The van der Waals surface area contributed by atoms with E-state index < -0.39 is 0 Å². The predicted molar refractivity (Wildman–Crippen MR) is 79.8 cm³/mol. The van der Waals surface area contributed by atoms with Crippen LogP contribution >= 0.6 is 27.5 Å². The average molecular weight is 332 g/mol. The zero-order valence-electron chi connectivity index (χ0n) is 9.92. The molecule has 1 aromatic rings. The number of nitrogens with one attached hydrogen (secondary N) is 2. The van der Waals surface area contributed by atoms with Gasteiger partial charge in [-0.1, -0.05) is 40.4 Å². The molecule has 0 aromatic heterocycles. The van der Waals surface area contributed by atoms with E-state index in [-0.39, 0.29) is 0 Å². The maximum absolute atomic E-state index is 6.11. The van der Waals surface area contributed by atoms with E-state index in [4.69, 9.17) is 17.4 Å². The van der Waals surface area contributed by atoms with E-state index in [9.17, 15) is 0 Å². The highest BCUT2D eigenvalue weighted by molar-refractivity contribution is 9.10. The number of nitrogens with zero attached hydrogens (tertiary/aromatic N) is 1. The first-order chi connectivity index (χ1) is 8.69. The molecule has 1 saturated carbocycles. The highest BCUT2D eigenvalue weighted by atomic mass is 79.9. The molecule has 1 fully saturated rings. The van der Waals surface area contributed by atoms with Crippen LogP contribution in [-0.2, 0) is 0 Å². The zero-order chi connectivity index (χ0) is 13.0. The third-order valence-electron chi connectivity index (χ3n) is 2.95. The molecule has 0 spiro atoms. The first-order valence-corrected chi connectivity index (χ1v) is 7.12. The molecule has 0 amide bonds. The summed E-state index contributed by atoms with van der Waals surface area (Å²) in [6, 6.07) is 5.95. The van der Waals surface area contributed by atoms with Crippen LogP contribution in [0.15, 0.2) is 27.7 Å². The molecule has 0 heterocycles. The Balaban J connectivity index is 2.11. The van der Waals surface area contributed by atoms with Gasteiger partial charge in [0.05, 0.1) is 16.8 Å². The second kappa shape index (κ2) is 6.41. The van der Waals surface area contributed by atoms with Gasteiger partial charge in [-0.3, -0.25) is 5.43 Å². The van der Waals surface area contributed by atoms with Crippen LogP contribution in [0, 0.1) is 0 Å². The van der Waals surface area contributed by atoms with Gasteiger partial charge >= 0.3 is 0 Å². The summed E-state index contributed by atoms with van der Waals surface area (Å²) in [7, 11) is 0. The molecule has 1 aromatic carbocycles. The molecule has 0 atom stereocenters. The third kappa shape index (κ3) is 3.60. The largest absolute Gasteiger partial charge is 0.324 e. The summed E-state index contributed by atoms with van der Waals surface area (Å²) in [6.07, 6.45) is 4.73. The molecule has 2 rings (SSSR count). The fraction of sp³-hybridized carbons (Fsp3) is 0.417. The van der Waals surface area contributed by atoms with E-state index >= 15 is 0 Å². The lowest BCUT2D eigenvalue weighted by Crippen LogP contribution is -2.37. The van der Waals surface area contributed by atoms with Gasteiger partial charge in [0, 0.05) is 4.47 Å². The van der Waals surface area contributed by atoms with Gasteiger partial charge in [-0.2, -0.15) is 0 Å². The summed E-state index contributed by atoms with van der Waals surface area (Å²) >= 11 is 9.51. The molecule has 0 bridgehead atoms.